The molecule has 1 aliphatic heterocycles. The van der Waals surface area contributed by atoms with Gasteiger partial charge >= 0.3 is 0 Å². The number of hydrogen-bond donors (Lipinski definition) is 1. The minimum absolute atomic E-state index is 0. The maximum absolute atomic E-state index is 13.2. The highest BCUT2D eigenvalue weighted by Crippen LogP contribution is 2.34. The predicted octanol–water partition coefficient (Wildman–Crippen LogP) is 3.18. The maximum Gasteiger partial charge on any atom is 0.251 e. The van der Waals surface area contributed by atoms with Crippen LogP contribution in [0.4, 0.5) is 8.78 Å². The summed E-state index contributed by atoms with van der Waals surface area (Å²) in [7, 11) is 1.59. The van der Waals surface area contributed by atoms with Crippen molar-refractivity contribution in [2.45, 2.75) is 24.8 Å². The first-order valence-corrected chi connectivity index (χ1v) is 5.36. The molecule has 0 spiro atoms. The molecule has 1 aromatic carbocycles. The van der Waals surface area contributed by atoms with E-state index in [1.54, 1.807) is 19.2 Å². The van der Waals surface area contributed by atoms with E-state index in [9.17, 15) is 8.78 Å². The van der Waals surface area contributed by atoms with Crippen molar-refractivity contribution < 1.29 is 13.5 Å². The second-order valence-corrected chi connectivity index (χ2v) is 4.09. The first-order chi connectivity index (χ1) is 7.61. The molecule has 0 bridgehead atoms. The summed E-state index contributed by atoms with van der Waals surface area (Å²) in [6, 6.07) is 7.00. The molecule has 2 nitrogen and oxygen atoms in total. The molecule has 2 rings (SSSR count). The second-order valence-electron chi connectivity index (χ2n) is 4.09. The Labute approximate surface area is 106 Å². The van der Waals surface area contributed by atoms with Gasteiger partial charge in [-0.25, -0.2) is 8.78 Å². The van der Waals surface area contributed by atoms with Gasteiger partial charge in [0.15, 0.2) is 0 Å². The van der Waals surface area contributed by atoms with Gasteiger partial charge in [-0.15, -0.1) is 12.4 Å². The summed E-state index contributed by atoms with van der Waals surface area (Å²) < 4.78 is 31.5. The Morgan fingerprint density at radius 3 is 2.47 bits per heavy atom. The van der Waals surface area contributed by atoms with Crippen molar-refractivity contribution in [2.75, 3.05) is 13.7 Å². The van der Waals surface area contributed by atoms with Crippen LogP contribution in [-0.2, 0) is 0 Å². The SMILES string of the molecule is COc1ccc(C2CC(F)(F)CCN2)cc1.Cl. The summed E-state index contributed by atoms with van der Waals surface area (Å²) >= 11 is 0. The van der Waals surface area contributed by atoms with Gasteiger partial charge in [0.2, 0.25) is 0 Å². The number of nitrogens with one attached hydrogen (secondary N) is 1. The number of benzene rings is 1. The molecule has 1 aliphatic rings. The normalized spacial score (nSPS) is 22.6. The maximum atomic E-state index is 13.2. The van der Waals surface area contributed by atoms with E-state index in [4.69, 9.17) is 4.74 Å². The zero-order valence-corrected chi connectivity index (χ0v) is 10.4. The number of piperidine rings is 1. The molecule has 0 aromatic heterocycles. The third kappa shape index (κ3) is 3.54. The van der Waals surface area contributed by atoms with Crippen LogP contribution in [0.1, 0.15) is 24.4 Å². The second kappa shape index (κ2) is 5.65. The molecule has 1 atom stereocenters. The molecule has 1 saturated heterocycles. The molecule has 1 N–H and O–H groups in total. The molecule has 0 saturated carbocycles. The molecule has 96 valence electrons. The number of halogens is 3. The van der Waals surface area contributed by atoms with E-state index in [1.165, 1.54) is 0 Å². The fourth-order valence-electron chi connectivity index (χ4n) is 1.97. The lowest BCUT2D eigenvalue weighted by molar-refractivity contribution is -0.0415. The zero-order valence-electron chi connectivity index (χ0n) is 9.58. The summed E-state index contributed by atoms with van der Waals surface area (Å²) in [6.07, 6.45) is -0.195. The summed E-state index contributed by atoms with van der Waals surface area (Å²) in [5.74, 6) is -1.80. The molecule has 17 heavy (non-hydrogen) atoms. The van der Waals surface area contributed by atoms with Gasteiger partial charge in [0.25, 0.3) is 5.92 Å². The van der Waals surface area contributed by atoms with Crippen LogP contribution >= 0.6 is 12.4 Å². The Balaban J connectivity index is 0.00000144. The Hall–Kier alpha value is -0.870. The fraction of sp³-hybridized carbons (Fsp3) is 0.500. The Morgan fingerprint density at radius 1 is 1.29 bits per heavy atom. The molecule has 5 heteroatoms. The van der Waals surface area contributed by atoms with Crippen molar-refractivity contribution in [2.24, 2.45) is 0 Å². The number of rotatable bonds is 2. The standard InChI is InChI=1S/C12H15F2NO.ClH/c1-16-10-4-2-9(3-5-10)11-8-12(13,14)6-7-15-11;/h2-5,11,15H,6-8H2,1H3;1H. The van der Waals surface area contributed by atoms with Crippen LogP contribution < -0.4 is 10.1 Å². The average Bonchev–Trinajstić information content (AvgIpc) is 2.28. The third-order valence-electron chi connectivity index (χ3n) is 2.90. The summed E-state index contributed by atoms with van der Waals surface area (Å²) in [4.78, 5) is 0. The lowest BCUT2D eigenvalue weighted by atomic mass is 9.95. The molecule has 1 fully saturated rings. The average molecular weight is 264 g/mol. The van der Waals surface area contributed by atoms with Crippen molar-refractivity contribution in [3.05, 3.63) is 29.8 Å². The van der Waals surface area contributed by atoms with Crippen molar-refractivity contribution in [3.8, 4) is 5.75 Å². The van der Waals surface area contributed by atoms with Gasteiger partial charge in [0.1, 0.15) is 5.75 Å². The molecule has 1 aromatic rings. The summed E-state index contributed by atoms with van der Waals surface area (Å²) in [5.41, 5.74) is 0.889. The van der Waals surface area contributed by atoms with Crippen LogP contribution in [0.2, 0.25) is 0 Å². The largest absolute Gasteiger partial charge is 0.497 e. The monoisotopic (exact) mass is 263 g/mol. The Bertz CT molecular complexity index is 356. The van der Waals surface area contributed by atoms with Crippen molar-refractivity contribution in [3.63, 3.8) is 0 Å². The van der Waals surface area contributed by atoms with Gasteiger partial charge in [-0.2, -0.15) is 0 Å². The van der Waals surface area contributed by atoms with Crippen LogP contribution in [0.25, 0.3) is 0 Å². The number of methoxy groups -OCH3 is 1. The highest BCUT2D eigenvalue weighted by molar-refractivity contribution is 5.85. The minimum Gasteiger partial charge on any atom is -0.497 e. The quantitative estimate of drug-likeness (QED) is 0.885. The Kier molecular flexibility index (Phi) is 4.71. The molecule has 0 radical (unpaired) electrons. The van der Waals surface area contributed by atoms with Crippen LogP contribution in [0, 0.1) is 0 Å². The zero-order chi connectivity index (χ0) is 11.6. The highest BCUT2D eigenvalue weighted by atomic mass is 35.5. The van der Waals surface area contributed by atoms with E-state index < -0.39 is 5.92 Å². The van der Waals surface area contributed by atoms with E-state index in [2.05, 4.69) is 5.32 Å². The highest BCUT2D eigenvalue weighted by Gasteiger charge is 2.36. The van der Waals surface area contributed by atoms with E-state index in [1.807, 2.05) is 12.1 Å². The number of alkyl halides is 2. The Morgan fingerprint density at radius 2 is 1.94 bits per heavy atom. The molecular weight excluding hydrogens is 248 g/mol. The molecular formula is C12H16ClF2NO. The minimum atomic E-state index is -2.55. The van der Waals surface area contributed by atoms with Gasteiger partial charge in [0, 0.05) is 25.4 Å². The first kappa shape index (κ1) is 14.2. The van der Waals surface area contributed by atoms with Gasteiger partial charge < -0.3 is 10.1 Å². The fourth-order valence-corrected chi connectivity index (χ4v) is 1.97. The van der Waals surface area contributed by atoms with E-state index in [-0.39, 0.29) is 31.3 Å². The van der Waals surface area contributed by atoms with Gasteiger partial charge in [-0.1, -0.05) is 12.1 Å². The summed E-state index contributed by atoms with van der Waals surface area (Å²) in [5, 5.41) is 3.11. The predicted molar refractivity (Wildman–Crippen MR) is 65.2 cm³/mol. The van der Waals surface area contributed by atoms with Crippen molar-refractivity contribution >= 4 is 12.4 Å². The molecule has 1 unspecified atom stereocenters. The van der Waals surface area contributed by atoms with Gasteiger partial charge in [-0.05, 0) is 17.7 Å². The van der Waals surface area contributed by atoms with E-state index in [0.29, 0.717) is 6.54 Å². The number of hydrogen-bond acceptors (Lipinski definition) is 2. The molecule has 0 amide bonds. The third-order valence-corrected chi connectivity index (χ3v) is 2.90. The van der Waals surface area contributed by atoms with E-state index in [0.717, 1.165) is 11.3 Å². The smallest absolute Gasteiger partial charge is 0.251 e. The van der Waals surface area contributed by atoms with Crippen LogP contribution in [-0.4, -0.2) is 19.6 Å². The van der Waals surface area contributed by atoms with Crippen LogP contribution in [0.3, 0.4) is 0 Å². The van der Waals surface area contributed by atoms with Gasteiger partial charge in [0.05, 0.1) is 7.11 Å². The van der Waals surface area contributed by atoms with Gasteiger partial charge in [-0.3, -0.25) is 0 Å². The van der Waals surface area contributed by atoms with E-state index >= 15 is 0 Å². The van der Waals surface area contributed by atoms with Crippen molar-refractivity contribution in [1.29, 1.82) is 0 Å². The number of ether oxygens (including phenoxy) is 1. The lowest BCUT2D eigenvalue weighted by Gasteiger charge is -2.30. The van der Waals surface area contributed by atoms with Crippen LogP contribution in [0.15, 0.2) is 24.3 Å². The van der Waals surface area contributed by atoms with Crippen molar-refractivity contribution in [1.82, 2.24) is 5.32 Å². The first-order valence-electron chi connectivity index (χ1n) is 5.36. The lowest BCUT2D eigenvalue weighted by Crippen LogP contribution is -2.38. The topological polar surface area (TPSA) is 21.3 Å². The summed E-state index contributed by atoms with van der Waals surface area (Å²) in [6.45, 7) is 0.365. The molecule has 1 heterocycles. The van der Waals surface area contributed by atoms with Crippen LogP contribution in [0.5, 0.6) is 5.75 Å². The molecule has 0 aliphatic carbocycles.